The molecule has 0 nitrogen and oxygen atoms in total. The quantitative estimate of drug-likeness (QED) is 0.655. The zero-order valence-electron chi connectivity index (χ0n) is 9.34. The van der Waals surface area contributed by atoms with Gasteiger partial charge in [0.15, 0.2) is 0 Å². The average molecular weight is 229 g/mol. The van der Waals surface area contributed by atoms with Crippen LogP contribution in [0.25, 0.3) is 0 Å². The van der Waals surface area contributed by atoms with E-state index in [0.717, 1.165) is 18.4 Å². The lowest BCUT2D eigenvalue weighted by Crippen LogP contribution is -2.15. The number of benzene rings is 1. The lowest BCUT2D eigenvalue weighted by molar-refractivity contribution is 0.487. The Morgan fingerprint density at radius 1 is 1.33 bits per heavy atom. The molecule has 0 aliphatic rings. The van der Waals surface area contributed by atoms with Gasteiger partial charge in [-0.05, 0) is 30.4 Å². The Labute approximate surface area is 96.5 Å². The van der Waals surface area contributed by atoms with Crippen LogP contribution < -0.4 is 0 Å². The maximum Gasteiger partial charge on any atom is 0.126 e. The van der Waals surface area contributed by atoms with Crippen molar-refractivity contribution in [3.05, 3.63) is 35.6 Å². The summed E-state index contributed by atoms with van der Waals surface area (Å²) in [6.07, 6.45) is 2.85. The van der Waals surface area contributed by atoms with Crippen LogP contribution in [0.3, 0.4) is 0 Å². The molecule has 15 heavy (non-hydrogen) atoms. The number of hydrogen-bond acceptors (Lipinski definition) is 0. The SMILES string of the molecule is CCCC(C)C(Cl)Cc1ccccc1F. The normalized spacial score (nSPS) is 14.9. The van der Waals surface area contributed by atoms with Gasteiger partial charge in [-0.1, -0.05) is 38.5 Å². The van der Waals surface area contributed by atoms with Gasteiger partial charge in [-0.3, -0.25) is 0 Å². The van der Waals surface area contributed by atoms with Crippen molar-refractivity contribution >= 4 is 11.6 Å². The summed E-state index contributed by atoms with van der Waals surface area (Å²) in [5, 5.41) is 0.0295. The molecule has 0 bridgehead atoms. The molecule has 2 heteroatoms. The minimum Gasteiger partial charge on any atom is -0.207 e. The molecule has 0 aliphatic carbocycles. The van der Waals surface area contributed by atoms with Crippen LogP contribution >= 0.6 is 11.6 Å². The van der Waals surface area contributed by atoms with Crippen LogP contribution in [-0.2, 0) is 6.42 Å². The Morgan fingerprint density at radius 3 is 2.60 bits per heavy atom. The van der Waals surface area contributed by atoms with E-state index in [1.54, 1.807) is 6.07 Å². The van der Waals surface area contributed by atoms with Gasteiger partial charge in [-0.25, -0.2) is 4.39 Å². The second-order valence-corrected chi connectivity index (χ2v) is 4.64. The molecule has 84 valence electrons. The summed E-state index contributed by atoms with van der Waals surface area (Å²) in [5.41, 5.74) is 0.723. The Bertz CT molecular complexity index is 298. The maximum atomic E-state index is 13.3. The molecule has 0 saturated carbocycles. The Balaban J connectivity index is 2.58. The van der Waals surface area contributed by atoms with Gasteiger partial charge in [0.25, 0.3) is 0 Å². The van der Waals surface area contributed by atoms with Crippen LogP contribution in [0.1, 0.15) is 32.3 Å². The van der Waals surface area contributed by atoms with Crippen molar-refractivity contribution in [1.82, 2.24) is 0 Å². The average Bonchev–Trinajstić information content (AvgIpc) is 2.21. The summed E-state index contributed by atoms with van der Waals surface area (Å²) in [6, 6.07) is 6.86. The van der Waals surface area contributed by atoms with E-state index in [4.69, 9.17) is 11.6 Å². The van der Waals surface area contributed by atoms with Crippen LogP contribution in [0.2, 0.25) is 0 Å². The monoisotopic (exact) mass is 228 g/mol. The molecule has 2 atom stereocenters. The van der Waals surface area contributed by atoms with Crippen LogP contribution in [0.15, 0.2) is 24.3 Å². The van der Waals surface area contributed by atoms with E-state index < -0.39 is 0 Å². The summed E-state index contributed by atoms with van der Waals surface area (Å²) < 4.78 is 13.3. The van der Waals surface area contributed by atoms with E-state index in [9.17, 15) is 4.39 Å². The molecule has 0 heterocycles. The number of halogens is 2. The van der Waals surface area contributed by atoms with Crippen LogP contribution in [0.4, 0.5) is 4.39 Å². The summed E-state index contributed by atoms with van der Waals surface area (Å²) in [6.45, 7) is 4.27. The second kappa shape index (κ2) is 6.12. The minimum absolute atomic E-state index is 0.0295. The molecule has 1 rings (SSSR count). The fourth-order valence-electron chi connectivity index (χ4n) is 1.71. The highest BCUT2D eigenvalue weighted by Gasteiger charge is 2.15. The first-order valence-electron chi connectivity index (χ1n) is 5.52. The summed E-state index contributed by atoms with van der Waals surface area (Å²) >= 11 is 6.25. The van der Waals surface area contributed by atoms with Crippen molar-refractivity contribution in [1.29, 1.82) is 0 Å². The van der Waals surface area contributed by atoms with E-state index in [1.165, 1.54) is 6.07 Å². The molecular weight excluding hydrogens is 211 g/mol. The molecule has 0 fully saturated rings. The largest absolute Gasteiger partial charge is 0.207 e. The van der Waals surface area contributed by atoms with E-state index in [-0.39, 0.29) is 11.2 Å². The molecule has 0 aromatic heterocycles. The molecule has 1 aromatic carbocycles. The molecule has 0 aliphatic heterocycles. The van der Waals surface area contributed by atoms with Gasteiger partial charge in [0.1, 0.15) is 5.82 Å². The van der Waals surface area contributed by atoms with Crippen molar-refractivity contribution in [2.24, 2.45) is 5.92 Å². The first kappa shape index (κ1) is 12.5. The third-order valence-electron chi connectivity index (χ3n) is 2.73. The third kappa shape index (κ3) is 3.83. The third-order valence-corrected chi connectivity index (χ3v) is 3.32. The molecule has 0 saturated heterocycles. The van der Waals surface area contributed by atoms with Gasteiger partial charge >= 0.3 is 0 Å². The highest BCUT2D eigenvalue weighted by Crippen LogP contribution is 2.21. The first-order chi connectivity index (χ1) is 7.15. The van der Waals surface area contributed by atoms with Gasteiger partial charge in [0.05, 0.1) is 0 Å². The van der Waals surface area contributed by atoms with Crippen LogP contribution in [0, 0.1) is 11.7 Å². The summed E-state index contributed by atoms with van der Waals surface area (Å²) in [7, 11) is 0. The summed E-state index contributed by atoms with van der Waals surface area (Å²) in [5.74, 6) is 0.295. The van der Waals surface area contributed by atoms with Gasteiger partial charge in [0, 0.05) is 5.38 Å². The van der Waals surface area contributed by atoms with Crippen molar-refractivity contribution < 1.29 is 4.39 Å². The fraction of sp³-hybridized carbons (Fsp3) is 0.538. The number of hydrogen-bond donors (Lipinski definition) is 0. The molecule has 0 radical (unpaired) electrons. The standard InChI is InChI=1S/C13H18ClF/c1-3-6-10(2)12(14)9-11-7-4-5-8-13(11)15/h4-5,7-8,10,12H,3,6,9H2,1-2H3. The van der Waals surface area contributed by atoms with E-state index in [1.807, 2.05) is 12.1 Å². The highest BCUT2D eigenvalue weighted by atomic mass is 35.5. The van der Waals surface area contributed by atoms with Crippen molar-refractivity contribution in [3.8, 4) is 0 Å². The lowest BCUT2D eigenvalue weighted by atomic mass is 9.96. The Morgan fingerprint density at radius 2 is 2.00 bits per heavy atom. The topological polar surface area (TPSA) is 0 Å². The van der Waals surface area contributed by atoms with Crippen molar-refractivity contribution in [3.63, 3.8) is 0 Å². The molecule has 0 spiro atoms. The molecule has 0 amide bonds. The molecule has 2 unspecified atom stereocenters. The van der Waals surface area contributed by atoms with Gasteiger partial charge in [-0.15, -0.1) is 11.6 Å². The van der Waals surface area contributed by atoms with Gasteiger partial charge in [0.2, 0.25) is 0 Å². The summed E-state index contributed by atoms with van der Waals surface area (Å²) in [4.78, 5) is 0. The Kier molecular flexibility index (Phi) is 5.10. The van der Waals surface area contributed by atoms with E-state index >= 15 is 0 Å². The molecular formula is C13H18ClF. The van der Waals surface area contributed by atoms with Gasteiger partial charge in [-0.2, -0.15) is 0 Å². The molecule has 1 aromatic rings. The first-order valence-corrected chi connectivity index (χ1v) is 5.96. The molecule has 0 N–H and O–H groups in total. The van der Waals surface area contributed by atoms with Crippen molar-refractivity contribution in [2.45, 2.75) is 38.5 Å². The van der Waals surface area contributed by atoms with E-state index in [0.29, 0.717) is 12.3 Å². The van der Waals surface area contributed by atoms with Crippen LogP contribution in [0.5, 0.6) is 0 Å². The van der Waals surface area contributed by atoms with E-state index in [2.05, 4.69) is 13.8 Å². The zero-order valence-corrected chi connectivity index (χ0v) is 10.1. The zero-order chi connectivity index (χ0) is 11.3. The smallest absolute Gasteiger partial charge is 0.126 e. The lowest BCUT2D eigenvalue weighted by Gasteiger charge is -2.17. The fourth-order valence-corrected chi connectivity index (χ4v) is 2.00. The Hall–Kier alpha value is -0.560. The maximum absolute atomic E-state index is 13.3. The second-order valence-electron chi connectivity index (χ2n) is 4.08. The van der Waals surface area contributed by atoms with Crippen LogP contribution in [-0.4, -0.2) is 5.38 Å². The predicted octanol–water partition coefficient (Wildman–Crippen LogP) is 4.41. The van der Waals surface area contributed by atoms with Gasteiger partial charge < -0.3 is 0 Å². The minimum atomic E-state index is -0.146. The predicted molar refractivity (Wildman–Crippen MR) is 63.8 cm³/mol. The van der Waals surface area contributed by atoms with Crippen molar-refractivity contribution in [2.75, 3.05) is 0 Å². The number of rotatable bonds is 5. The highest BCUT2D eigenvalue weighted by molar-refractivity contribution is 6.20. The number of alkyl halides is 1.